The second kappa shape index (κ2) is 10.3. The number of nitrogens with zero attached hydrogens (tertiary/aromatic N) is 2. The monoisotopic (exact) mass is 530 g/mol. The average Bonchev–Trinajstić information content (AvgIpc) is 3.55. The Hall–Kier alpha value is -3.77. The second-order valence-electron chi connectivity index (χ2n) is 9.28. The highest BCUT2D eigenvalue weighted by Crippen LogP contribution is 2.36. The molecule has 10 nitrogen and oxygen atoms in total. The lowest BCUT2D eigenvalue weighted by atomic mass is 10.1. The molecule has 1 aliphatic carbocycles. The molecule has 4 rings (SSSR count). The predicted octanol–water partition coefficient (Wildman–Crippen LogP) is 4.24. The zero-order valence-corrected chi connectivity index (χ0v) is 21.3. The number of carboxylic acid groups (broad SMARTS) is 1. The lowest BCUT2D eigenvalue weighted by Gasteiger charge is -2.16. The summed E-state index contributed by atoms with van der Waals surface area (Å²) in [5, 5.41) is 16.3. The van der Waals surface area contributed by atoms with Gasteiger partial charge in [0.15, 0.2) is 5.69 Å². The number of aromatic nitrogens is 2. The molecule has 0 spiro atoms. The van der Waals surface area contributed by atoms with Crippen LogP contribution < -0.4 is 14.8 Å². The summed E-state index contributed by atoms with van der Waals surface area (Å²) in [6.07, 6.45) is 1.66. The van der Waals surface area contributed by atoms with Crippen molar-refractivity contribution < 1.29 is 32.2 Å². The average molecular weight is 531 g/mol. The Morgan fingerprint density at radius 2 is 1.95 bits per heavy atom. The molecule has 0 aliphatic heterocycles. The molecule has 1 amide bonds. The molecule has 0 saturated heterocycles. The number of ether oxygens (including phenoxy) is 1. The van der Waals surface area contributed by atoms with Crippen molar-refractivity contribution in [3.63, 3.8) is 0 Å². The summed E-state index contributed by atoms with van der Waals surface area (Å²) in [6.45, 7) is 5.24. The molecular weight excluding hydrogens is 503 g/mol. The van der Waals surface area contributed by atoms with E-state index in [9.17, 15) is 27.5 Å². The van der Waals surface area contributed by atoms with Crippen LogP contribution in [0.15, 0.2) is 47.4 Å². The first kappa shape index (κ1) is 26.3. The van der Waals surface area contributed by atoms with Gasteiger partial charge in [-0.2, -0.15) is 9.78 Å². The Morgan fingerprint density at radius 3 is 2.57 bits per heavy atom. The van der Waals surface area contributed by atoms with Gasteiger partial charge in [-0.15, -0.1) is 0 Å². The van der Waals surface area contributed by atoms with Crippen molar-refractivity contribution in [3.8, 4) is 17.3 Å². The van der Waals surface area contributed by atoms with Crippen molar-refractivity contribution in [2.24, 2.45) is 5.92 Å². The number of benzene rings is 2. The number of hydrogen-bond acceptors (Lipinski definition) is 6. The van der Waals surface area contributed by atoms with Crippen LogP contribution in [0.25, 0.3) is 5.69 Å². The molecule has 0 unspecified atom stereocenters. The fraction of sp³-hybridized carbons (Fsp3) is 0.320. The van der Waals surface area contributed by atoms with Crippen molar-refractivity contribution in [3.05, 3.63) is 59.5 Å². The normalized spacial score (nSPS) is 13.5. The lowest BCUT2D eigenvalue weighted by Crippen LogP contribution is -2.26. The maximum Gasteiger partial charge on any atom is 0.356 e. The van der Waals surface area contributed by atoms with E-state index in [-0.39, 0.29) is 63.4 Å². The Labute approximate surface area is 213 Å². The Balaban J connectivity index is 1.80. The summed E-state index contributed by atoms with van der Waals surface area (Å²) < 4.78 is 50.1. The Kier molecular flexibility index (Phi) is 7.32. The molecule has 196 valence electrons. The molecule has 3 N–H and O–H groups in total. The second-order valence-corrected chi connectivity index (χ2v) is 11.0. The topological polar surface area (TPSA) is 140 Å². The first-order valence-corrected chi connectivity index (χ1v) is 13.2. The third kappa shape index (κ3) is 6.15. The molecular formula is C25H27FN4O6S. The molecule has 2 aromatic carbocycles. The predicted molar refractivity (Wildman–Crippen MR) is 133 cm³/mol. The maximum absolute atomic E-state index is 13.9. The van der Waals surface area contributed by atoms with Gasteiger partial charge in [0.05, 0.1) is 5.69 Å². The SMILES string of the molecule is Cc1c(C(=O)O)nn(-c2cccc(F)c2)c1Oc1ccc(NC(=O)CC(C)C)cc1S(=O)(=O)NC1CC1. The quantitative estimate of drug-likeness (QED) is 0.356. The van der Waals surface area contributed by atoms with Crippen molar-refractivity contribution in [1.29, 1.82) is 0 Å². The molecule has 1 fully saturated rings. The molecule has 1 heterocycles. The standard InChI is InChI=1S/C25H27FN4O6S/c1-14(2)11-22(31)27-18-9-10-20(21(13-18)37(34,35)29-17-7-8-17)36-24-15(3)23(25(32)33)28-30(24)19-6-4-5-16(26)12-19/h4-6,9-10,12-14,17,29H,7-8,11H2,1-3H3,(H,27,31)(H,32,33). The first-order valence-electron chi connectivity index (χ1n) is 11.7. The van der Waals surface area contributed by atoms with E-state index in [1.54, 1.807) is 0 Å². The molecule has 37 heavy (non-hydrogen) atoms. The molecule has 0 atom stereocenters. The van der Waals surface area contributed by atoms with Crippen molar-refractivity contribution in [2.75, 3.05) is 5.32 Å². The van der Waals surface area contributed by atoms with E-state index in [2.05, 4.69) is 15.1 Å². The number of carboxylic acids is 1. The van der Waals surface area contributed by atoms with Gasteiger partial charge >= 0.3 is 5.97 Å². The van der Waals surface area contributed by atoms with Gasteiger partial charge in [0.2, 0.25) is 21.8 Å². The molecule has 0 bridgehead atoms. The minimum Gasteiger partial charge on any atom is -0.476 e. The third-order valence-corrected chi connectivity index (χ3v) is 7.08. The van der Waals surface area contributed by atoms with Gasteiger partial charge in [0.25, 0.3) is 0 Å². The van der Waals surface area contributed by atoms with E-state index in [4.69, 9.17) is 4.74 Å². The smallest absolute Gasteiger partial charge is 0.356 e. The first-order chi connectivity index (χ1) is 17.4. The summed E-state index contributed by atoms with van der Waals surface area (Å²) in [4.78, 5) is 23.8. The number of sulfonamides is 1. The summed E-state index contributed by atoms with van der Waals surface area (Å²) in [5.41, 5.74) is 0.223. The van der Waals surface area contributed by atoms with Crippen LogP contribution >= 0.6 is 0 Å². The van der Waals surface area contributed by atoms with E-state index in [1.807, 2.05) is 13.8 Å². The number of anilines is 1. The highest BCUT2D eigenvalue weighted by molar-refractivity contribution is 7.89. The molecule has 0 radical (unpaired) electrons. The van der Waals surface area contributed by atoms with Crippen LogP contribution in [-0.2, 0) is 14.8 Å². The van der Waals surface area contributed by atoms with Gasteiger partial charge in [-0.05, 0) is 62.1 Å². The van der Waals surface area contributed by atoms with Gasteiger partial charge in [0, 0.05) is 23.7 Å². The van der Waals surface area contributed by atoms with Crippen LogP contribution in [-0.4, -0.2) is 41.2 Å². The number of nitrogens with one attached hydrogen (secondary N) is 2. The number of hydrogen-bond donors (Lipinski definition) is 3. The minimum absolute atomic E-state index is 0.0949. The van der Waals surface area contributed by atoms with Crippen molar-refractivity contribution >= 4 is 27.6 Å². The Morgan fingerprint density at radius 1 is 1.22 bits per heavy atom. The Bertz CT molecular complexity index is 1460. The number of aromatic carboxylic acids is 1. The van der Waals surface area contributed by atoms with Gasteiger partial charge in [-0.3, -0.25) is 4.79 Å². The zero-order valence-electron chi connectivity index (χ0n) is 20.5. The van der Waals surface area contributed by atoms with Gasteiger partial charge in [-0.1, -0.05) is 19.9 Å². The van der Waals surface area contributed by atoms with Crippen LogP contribution in [0, 0.1) is 18.7 Å². The maximum atomic E-state index is 13.9. The fourth-order valence-electron chi connectivity index (χ4n) is 3.64. The fourth-order valence-corrected chi connectivity index (χ4v) is 5.10. The highest BCUT2D eigenvalue weighted by atomic mass is 32.2. The van der Waals surface area contributed by atoms with Gasteiger partial charge < -0.3 is 15.2 Å². The number of amides is 1. The lowest BCUT2D eigenvalue weighted by molar-refractivity contribution is -0.116. The van der Waals surface area contributed by atoms with E-state index in [1.165, 1.54) is 43.3 Å². The molecule has 3 aromatic rings. The number of rotatable bonds is 10. The van der Waals surface area contributed by atoms with E-state index in [0.29, 0.717) is 12.8 Å². The van der Waals surface area contributed by atoms with Crippen LogP contribution in [0.5, 0.6) is 11.6 Å². The van der Waals surface area contributed by atoms with Crippen LogP contribution in [0.1, 0.15) is 49.2 Å². The van der Waals surface area contributed by atoms with Crippen LogP contribution in [0.4, 0.5) is 10.1 Å². The zero-order chi connectivity index (χ0) is 26.9. The largest absolute Gasteiger partial charge is 0.476 e. The summed E-state index contributed by atoms with van der Waals surface area (Å²) >= 11 is 0. The molecule has 1 saturated carbocycles. The van der Waals surface area contributed by atoms with E-state index >= 15 is 0 Å². The number of halogens is 1. The molecule has 1 aromatic heterocycles. The van der Waals surface area contributed by atoms with E-state index in [0.717, 1.165) is 10.7 Å². The van der Waals surface area contributed by atoms with Gasteiger partial charge in [-0.25, -0.2) is 22.3 Å². The van der Waals surface area contributed by atoms with Crippen molar-refractivity contribution in [1.82, 2.24) is 14.5 Å². The number of carbonyl (C=O) groups is 2. The summed E-state index contributed by atoms with van der Waals surface area (Å²) in [7, 11) is -4.07. The van der Waals surface area contributed by atoms with Crippen LogP contribution in [0.2, 0.25) is 0 Å². The highest BCUT2D eigenvalue weighted by Gasteiger charge is 2.31. The summed E-state index contributed by atoms with van der Waals surface area (Å²) in [5.74, 6) is -2.28. The number of carbonyl (C=O) groups excluding carboxylic acids is 1. The van der Waals surface area contributed by atoms with Gasteiger partial charge in [0.1, 0.15) is 16.5 Å². The van der Waals surface area contributed by atoms with Crippen molar-refractivity contribution in [2.45, 2.75) is 51.0 Å². The summed E-state index contributed by atoms with van der Waals surface area (Å²) in [6, 6.07) is 9.24. The third-order valence-electron chi connectivity index (χ3n) is 5.54. The van der Waals surface area contributed by atoms with E-state index < -0.39 is 21.8 Å². The molecule has 1 aliphatic rings. The molecule has 12 heteroatoms. The minimum atomic E-state index is -4.07. The van der Waals surface area contributed by atoms with Crippen LogP contribution in [0.3, 0.4) is 0 Å².